The summed E-state index contributed by atoms with van der Waals surface area (Å²) in [6.07, 6.45) is 3.51. The lowest BCUT2D eigenvalue weighted by atomic mass is 9.95. The summed E-state index contributed by atoms with van der Waals surface area (Å²) in [5.41, 5.74) is 4.99. The highest BCUT2D eigenvalue weighted by atomic mass is 35.5. The molecule has 34 heavy (non-hydrogen) atoms. The molecule has 174 valence electrons. The lowest BCUT2D eigenvalue weighted by Crippen LogP contribution is -2.20. The van der Waals surface area contributed by atoms with Crippen molar-refractivity contribution in [3.63, 3.8) is 0 Å². The predicted molar refractivity (Wildman–Crippen MR) is 134 cm³/mol. The van der Waals surface area contributed by atoms with E-state index in [0.717, 1.165) is 38.9 Å². The van der Waals surface area contributed by atoms with Gasteiger partial charge in [-0.2, -0.15) is 5.10 Å². The number of halogens is 1. The Morgan fingerprint density at radius 1 is 1.15 bits per heavy atom. The molecule has 0 aliphatic rings. The second-order valence-corrected chi connectivity index (χ2v) is 8.86. The molecule has 0 saturated carbocycles. The van der Waals surface area contributed by atoms with E-state index in [-0.39, 0.29) is 11.6 Å². The summed E-state index contributed by atoms with van der Waals surface area (Å²) in [5, 5.41) is 19.0. The van der Waals surface area contributed by atoms with Crippen molar-refractivity contribution in [2.45, 2.75) is 33.4 Å². The molecule has 0 saturated heterocycles. The van der Waals surface area contributed by atoms with E-state index in [0.29, 0.717) is 22.8 Å². The smallest absolute Gasteiger partial charge is 0.259 e. The Morgan fingerprint density at radius 3 is 2.65 bits per heavy atom. The lowest BCUT2D eigenvalue weighted by molar-refractivity contribution is 0.659. The van der Waals surface area contributed by atoms with Gasteiger partial charge in [-0.3, -0.25) is 9.36 Å². The number of hydrogen-bond donors (Lipinski definition) is 1. The molecule has 0 spiro atoms. The molecule has 0 bridgehead atoms. The fraction of sp³-hybridized carbons (Fsp3) is 0.292. The van der Waals surface area contributed by atoms with Crippen molar-refractivity contribution in [3.8, 4) is 11.4 Å². The first-order valence-electron chi connectivity index (χ1n) is 11.1. The van der Waals surface area contributed by atoms with Crippen LogP contribution in [-0.2, 0) is 20.6 Å². The molecule has 1 N–H and O–H groups in total. The third kappa shape index (κ3) is 3.43. The third-order valence-corrected chi connectivity index (χ3v) is 6.41. The average Bonchev–Trinajstić information content (AvgIpc) is 3.44. The summed E-state index contributed by atoms with van der Waals surface area (Å²) < 4.78 is 5.20. The van der Waals surface area contributed by atoms with Gasteiger partial charge in [0.05, 0.1) is 18.1 Å². The van der Waals surface area contributed by atoms with Gasteiger partial charge in [-0.15, -0.1) is 5.10 Å². The van der Waals surface area contributed by atoms with E-state index in [9.17, 15) is 4.79 Å². The molecule has 0 aliphatic heterocycles. The molecule has 0 amide bonds. The number of pyridine rings is 2. The largest absolute Gasteiger partial charge is 0.377 e. The van der Waals surface area contributed by atoms with Crippen molar-refractivity contribution in [1.82, 2.24) is 34.3 Å². The standard InChI is InChI=1S/C24H25ClN8O/c1-6-33-23-17(11-27-33)21-15(9-13(2)10-16(21)24(34)31(23)4)14(3)28-18-7-8-20(25)29-22(18)19-12-26-30-32(19)5/h7-12,14,28H,6H2,1-5H3. The van der Waals surface area contributed by atoms with Crippen molar-refractivity contribution in [3.05, 3.63) is 63.3 Å². The Kier molecular flexibility index (Phi) is 5.36. The van der Waals surface area contributed by atoms with E-state index in [1.807, 2.05) is 43.9 Å². The number of nitrogens with one attached hydrogen (secondary N) is 1. The molecule has 0 aliphatic carbocycles. The predicted octanol–water partition coefficient (Wildman–Crippen LogP) is 4.23. The number of anilines is 1. The van der Waals surface area contributed by atoms with Crippen molar-refractivity contribution in [2.24, 2.45) is 14.1 Å². The molecule has 4 heterocycles. The van der Waals surface area contributed by atoms with Gasteiger partial charge in [-0.25, -0.2) is 14.3 Å². The fourth-order valence-electron chi connectivity index (χ4n) is 4.60. The number of aryl methyl sites for hydroxylation is 4. The van der Waals surface area contributed by atoms with E-state index in [1.54, 1.807) is 28.6 Å². The molecule has 9 nitrogen and oxygen atoms in total. The summed E-state index contributed by atoms with van der Waals surface area (Å²) in [6, 6.07) is 7.57. The first kappa shape index (κ1) is 22.1. The molecule has 1 unspecified atom stereocenters. The molecule has 4 aromatic heterocycles. The quantitative estimate of drug-likeness (QED) is 0.381. The van der Waals surface area contributed by atoms with Crippen LogP contribution in [-0.4, -0.2) is 34.3 Å². The van der Waals surface area contributed by atoms with Gasteiger partial charge in [0.15, 0.2) is 0 Å². The SMILES string of the molecule is CCn1ncc2c3c(C(C)Nc4ccc(Cl)nc4-c4cnnn4C)cc(C)cc3c(=O)n(C)c21. The van der Waals surface area contributed by atoms with Crippen molar-refractivity contribution in [2.75, 3.05) is 5.32 Å². The number of nitrogens with zero attached hydrogens (tertiary/aromatic N) is 7. The topological polar surface area (TPSA) is 95.5 Å². The van der Waals surface area contributed by atoms with Crippen molar-refractivity contribution in [1.29, 1.82) is 0 Å². The third-order valence-electron chi connectivity index (χ3n) is 6.20. The highest BCUT2D eigenvalue weighted by molar-refractivity contribution is 6.29. The molecule has 5 rings (SSSR count). The van der Waals surface area contributed by atoms with Crippen molar-refractivity contribution >= 4 is 39.1 Å². The molecule has 0 radical (unpaired) electrons. The Bertz CT molecular complexity index is 1610. The van der Waals surface area contributed by atoms with Gasteiger partial charge in [0.2, 0.25) is 0 Å². The highest BCUT2D eigenvalue weighted by Crippen LogP contribution is 2.34. The summed E-state index contributed by atoms with van der Waals surface area (Å²) in [6.45, 7) is 6.77. The summed E-state index contributed by atoms with van der Waals surface area (Å²) >= 11 is 6.22. The lowest BCUT2D eigenvalue weighted by Gasteiger charge is -2.21. The first-order chi connectivity index (χ1) is 16.3. The minimum Gasteiger partial charge on any atom is -0.377 e. The number of benzene rings is 1. The number of aromatic nitrogens is 7. The molecule has 1 atom stereocenters. The maximum atomic E-state index is 13.3. The van der Waals surface area contributed by atoms with Crippen LogP contribution in [0.1, 0.15) is 31.0 Å². The van der Waals surface area contributed by atoms with Crippen LogP contribution in [0.4, 0.5) is 5.69 Å². The van der Waals surface area contributed by atoms with Gasteiger partial charge in [0, 0.05) is 42.8 Å². The average molecular weight is 477 g/mol. The van der Waals surface area contributed by atoms with Crippen LogP contribution >= 0.6 is 11.6 Å². The van der Waals surface area contributed by atoms with Gasteiger partial charge < -0.3 is 5.32 Å². The molecule has 10 heteroatoms. The molecular weight excluding hydrogens is 452 g/mol. The fourth-order valence-corrected chi connectivity index (χ4v) is 4.75. The first-order valence-corrected chi connectivity index (χ1v) is 11.4. The van der Waals surface area contributed by atoms with Crippen molar-refractivity contribution < 1.29 is 0 Å². The maximum Gasteiger partial charge on any atom is 0.259 e. The Hall–Kier alpha value is -3.72. The maximum absolute atomic E-state index is 13.3. The van der Waals surface area contributed by atoms with Gasteiger partial charge in [0.25, 0.3) is 5.56 Å². The van der Waals surface area contributed by atoms with Crippen LogP contribution in [0, 0.1) is 6.92 Å². The monoisotopic (exact) mass is 476 g/mol. The second kappa shape index (κ2) is 8.25. The van der Waals surface area contributed by atoms with Crippen LogP contribution in [0.25, 0.3) is 33.2 Å². The zero-order chi connectivity index (χ0) is 24.1. The van der Waals surface area contributed by atoms with Crippen LogP contribution in [0.3, 0.4) is 0 Å². The minimum atomic E-state index is -0.148. The molecule has 1 aromatic carbocycles. The van der Waals surface area contributed by atoms with E-state index in [2.05, 4.69) is 38.7 Å². The Labute approximate surface area is 201 Å². The number of rotatable bonds is 5. The van der Waals surface area contributed by atoms with E-state index >= 15 is 0 Å². The zero-order valence-corrected chi connectivity index (χ0v) is 20.4. The normalized spacial score (nSPS) is 12.5. The van der Waals surface area contributed by atoms with Crippen LogP contribution in [0.2, 0.25) is 5.15 Å². The Balaban J connectivity index is 1.71. The van der Waals surface area contributed by atoms with E-state index in [1.165, 1.54) is 0 Å². The highest BCUT2D eigenvalue weighted by Gasteiger charge is 2.21. The van der Waals surface area contributed by atoms with Crippen LogP contribution in [0.15, 0.2) is 41.5 Å². The summed E-state index contributed by atoms with van der Waals surface area (Å²) in [4.78, 5) is 17.9. The zero-order valence-electron chi connectivity index (χ0n) is 19.7. The molecule has 0 fully saturated rings. The second-order valence-electron chi connectivity index (χ2n) is 8.48. The van der Waals surface area contributed by atoms with Gasteiger partial charge in [-0.1, -0.05) is 22.9 Å². The number of hydrogen-bond acceptors (Lipinski definition) is 6. The van der Waals surface area contributed by atoms with E-state index < -0.39 is 0 Å². The van der Waals surface area contributed by atoms with Gasteiger partial charge in [0.1, 0.15) is 22.2 Å². The minimum absolute atomic E-state index is 0.0374. The summed E-state index contributed by atoms with van der Waals surface area (Å²) in [5.74, 6) is 0. The van der Waals surface area contributed by atoms with Gasteiger partial charge >= 0.3 is 0 Å². The van der Waals surface area contributed by atoms with Crippen LogP contribution in [0.5, 0.6) is 0 Å². The summed E-state index contributed by atoms with van der Waals surface area (Å²) in [7, 11) is 3.61. The van der Waals surface area contributed by atoms with E-state index in [4.69, 9.17) is 11.6 Å². The Morgan fingerprint density at radius 2 is 1.94 bits per heavy atom. The van der Waals surface area contributed by atoms with Crippen LogP contribution < -0.4 is 10.9 Å². The number of fused-ring (bicyclic) bond motifs is 3. The van der Waals surface area contributed by atoms with Gasteiger partial charge in [-0.05, 0) is 50.1 Å². The molecular formula is C24H25ClN8O. The molecule has 5 aromatic rings.